The number of amides is 1. The number of ether oxygens (including phenoxy) is 1. The van der Waals surface area contributed by atoms with Crippen LogP contribution in [0, 0.1) is 20.8 Å². The number of carbonyl (C=O) groups is 1. The molecule has 0 saturated heterocycles. The van der Waals surface area contributed by atoms with Crippen LogP contribution in [0.15, 0.2) is 53.6 Å². The number of fused-ring (bicyclic) bond motifs is 1. The van der Waals surface area contributed by atoms with Crippen LogP contribution in [0.5, 0.6) is 5.75 Å². The van der Waals surface area contributed by atoms with Crippen LogP contribution in [0.3, 0.4) is 0 Å². The van der Waals surface area contributed by atoms with Gasteiger partial charge in [0, 0.05) is 16.1 Å². The molecule has 4 aromatic rings. The van der Waals surface area contributed by atoms with E-state index in [0.29, 0.717) is 16.8 Å². The summed E-state index contributed by atoms with van der Waals surface area (Å²) < 4.78 is 6.95. The minimum absolute atomic E-state index is 0.225. The lowest BCUT2D eigenvalue weighted by atomic mass is 10.0. The number of nitrogens with one attached hydrogen (secondary N) is 1. The van der Waals surface area contributed by atoms with Crippen molar-refractivity contribution in [2.45, 2.75) is 40.7 Å². The first-order chi connectivity index (χ1) is 15.8. The summed E-state index contributed by atoms with van der Waals surface area (Å²) in [4.78, 5) is 32.7. The molecule has 1 amide bonds. The molecule has 1 N–H and O–H groups in total. The first kappa shape index (κ1) is 22.7. The molecule has 1 atom stereocenters. The van der Waals surface area contributed by atoms with Gasteiger partial charge in [-0.25, -0.2) is 4.98 Å². The molecule has 2 heterocycles. The number of nitrogens with zero attached hydrogens (tertiary/aromatic N) is 2. The van der Waals surface area contributed by atoms with Gasteiger partial charge in [0.25, 0.3) is 5.56 Å². The van der Waals surface area contributed by atoms with E-state index in [-0.39, 0.29) is 11.5 Å². The van der Waals surface area contributed by atoms with Crippen molar-refractivity contribution < 1.29 is 9.53 Å². The van der Waals surface area contributed by atoms with Gasteiger partial charge in [0.05, 0.1) is 18.3 Å². The maximum Gasteiger partial charge on any atom is 0.263 e. The summed E-state index contributed by atoms with van der Waals surface area (Å²) in [6, 6.07) is 12.9. The molecule has 4 rings (SSSR count). The van der Waals surface area contributed by atoms with Crippen molar-refractivity contribution in [3.63, 3.8) is 0 Å². The topological polar surface area (TPSA) is 73.2 Å². The number of carbonyl (C=O) groups excluding carboxylic acids is 1. The van der Waals surface area contributed by atoms with Crippen molar-refractivity contribution >= 4 is 33.1 Å². The molecular formula is C26H27N3O3S. The van der Waals surface area contributed by atoms with Crippen molar-refractivity contribution in [3.8, 4) is 16.9 Å². The van der Waals surface area contributed by atoms with E-state index in [1.807, 2.05) is 70.2 Å². The first-order valence-corrected chi connectivity index (χ1v) is 11.7. The Hall–Kier alpha value is -3.45. The Kier molecular flexibility index (Phi) is 6.33. The fourth-order valence-electron chi connectivity index (χ4n) is 3.86. The number of aromatic nitrogens is 2. The summed E-state index contributed by atoms with van der Waals surface area (Å²) in [5, 5.41) is 3.49. The van der Waals surface area contributed by atoms with Gasteiger partial charge in [-0.15, -0.1) is 11.3 Å². The third-order valence-corrected chi connectivity index (χ3v) is 6.73. The number of aryl methyl sites for hydroxylation is 3. The van der Waals surface area contributed by atoms with Gasteiger partial charge >= 0.3 is 0 Å². The second-order valence-corrected chi connectivity index (χ2v) is 9.31. The Morgan fingerprint density at radius 2 is 1.88 bits per heavy atom. The van der Waals surface area contributed by atoms with Gasteiger partial charge in [0.1, 0.15) is 16.6 Å². The predicted octanol–water partition coefficient (Wildman–Crippen LogP) is 5.65. The summed E-state index contributed by atoms with van der Waals surface area (Å²) in [6.07, 6.45) is 1.47. The maximum atomic E-state index is 13.5. The summed E-state index contributed by atoms with van der Waals surface area (Å²) >= 11 is 1.48. The second-order valence-electron chi connectivity index (χ2n) is 8.11. The molecular weight excluding hydrogens is 434 g/mol. The number of thiophene rings is 1. The molecule has 0 radical (unpaired) electrons. The maximum absolute atomic E-state index is 13.5. The van der Waals surface area contributed by atoms with Crippen LogP contribution in [0.2, 0.25) is 0 Å². The van der Waals surface area contributed by atoms with Gasteiger partial charge in [0.2, 0.25) is 5.91 Å². The molecule has 1 unspecified atom stereocenters. The van der Waals surface area contributed by atoms with Crippen LogP contribution in [0.25, 0.3) is 21.3 Å². The predicted molar refractivity (Wildman–Crippen MR) is 134 cm³/mol. The molecule has 2 aromatic heterocycles. The van der Waals surface area contributed by atoms with Crippen LogP contribution < -0.4 is 15.6 Å². The number of rotatable bonds is 6. The number of benzene rings is 2. The van der Waals surface area contributed by atoms with Crippen LogP contribution in [0.1, 0.15) is 35.9 Å². The minimum atomic E-state index is -0.720. The van der Waals surface area contributed by atoms with E-state index in [2.05, 4.69) is 10.3 Å². The zero-order chi connectivity index (χ0) is 23.7. The van der Waals surface area contributed by atoms with Gasteiger partial charge in [-0.3, -0.25) is 14.2 Å². The second kappa shape index (κ2) is 9.19. The van der Waals surface area contributed by atoms with Crippen molar-refractivity contribution in [1.29, 1.82) is 0 Å². The number of hydrogen-bond acceptors (Lipinski definition) is 5. The lowest BCUT2D eigenvalue weighted by Crippen LogP contribution is -2.32. The van der Waals surface area contributed by atoms with E-state index >= 15 is 0 Å². The zero-order valence-corrected chi connectivity index (χ0v) is 20.2. The van der Waals surface area contributed by atoms with Crippen molar-refractivity contribution in [2.75, 3.05) is 11.9 Å². The van der Waals surface area contributed by atoms with Crippen LogP contribution in [0.4, 0.5) is 5.69 Å². The van der Waals surface area contributed by atoms with E-state index in [4.69, 9.17) is 4.74 Å². The molecule has 0 aliphatic rings. The average molecular weight is 462 g/mol. The Bertz CT molecular complexity index is 1390. The van der Waals surface area contributed by atoms with Crippen molar-refractivity contribution in [2.24, 2.45) is 0 Å². The fraction of sp³-hybridized carbons (Fsp3) is 0.269. The number of anilines is 1. The molecule has 0 saturated carbocycles. The molecule has 0 aliphatic heterocycles. The molecule has 170 valence electrons. The first-order valence-electron chi connectivity index (χ1n) is 10.9. The molecule has 0 spiro atoms. The van der Waals surface area contributed by atoms with Gasteiger partial charge in [-0.2, -0.15) is 0 Å². The third-order valence-electron chi connectivity index (χ3n) is 5.72. The lowest BCUT2D eigenvalue weighted by molar-refractivity contribution is -0.118. The zero-order valence-electron chi connectivity index (χ0n) is 19.4. The summed E-state index contributed by atoms with van der Waals surface area (Å²) in [5.74, 6) is 0.521. The lowest BCUT2D eigenvalue weighted by Gasteiger charge is -2.16. The summed E-state index contributed by atoms with van der Waals surface area (Å²) in [7, 11) is 0. The minimum Gasteiger partial charge on any atom is -0.494 e. The monoisotopic (exact) mass is 461 g/mol. The average Bonchev–Trinajstić information content (AvgIpc) is 3.13. The summed E-state index contributed by atoms with van der Waals surface area (Å²) in [6.45, 7) is 10.1. The largest absolute Gasteiger partial charge is 0.494 e. The standard InChI is InChI=1S/C26H27N3O3S/c1-6-32-20-11-9-19(10-12-20)22-18(5)33-25-23(22)26(31)29(14-27-25)17(4)24(30)28-21-13-15(2)7-8-16(21)3/h7-14,17H,6H2,1-5H3,(H,28,30). The van der Waals surface area contributed by atoms with E-state index < -0.39 is 6.04 Å². The van der Waals surface area contributed by atoms with E-state index in [0.717, 1.165) is 38.6 Å². The highest BCUT2D eigenvalue weighted by Crippen LogP contribution is 2.36. The highest BCUT2D eigenvalue weighted by atomic mass is 32.1. The van der Waals surface area contributed by atoms with Gasteiger partial charge < -0.3 is 10.1 Å². The van der Waals surface area contributed by atoms with Crippen molar-refractivity contribution in [3.05, 3.63) is 75.1 Å². The fourth-order valence-corrected chi connectivity index (χ4v) is 4.86. The van der Waals surface area contributed by atoms with Gasteiger partial charge in [-0.05, 0) is 69.5 Å². The van der Waals surface area contributed by atoms with E-state index in [9.17, 15) is 9.59 Å². The van der Waals surface area contributed by atoms with Gasteiger partial charge in [0.15, 0.2) is 0 Å². The van der Waals surface area contributed by atoms with E-state index in [1.54, 1.807) is 6.92 Å². The summed E-state index contributed by atoms with van der Waals surface area (Å²) in [5.41, 5.74) is 4.32. The Morgan fingerprint density at radius 3 is 2.58 bits per heavy atom. The molecule has 0 fully saturated rings. The van der Waals surface area contributed by atoms with Gasteiger partial charge in [-0.1, -0.05) is 24.3 Å². The molecule has 2 aromatic carbocycles. The third kappa shape index (κ3) is 4.41. The van der Waals surface area contributed by atoms with E-state index in [1.165, 1.54) is 22.2 Å². The van der Waals surface area contributed by atoms with Crippen LogP contribution >= 0.6 is 11.3 Å². The molecule has 0 aliphatic carbocycles. The Morgan fingerprint density at radius 1 is 1.15 bits per heavy atom. The van der Waals surface area contributed by atoms with Crippen molar-refractivity contribution in [1.82, 2.24) is 9.55 Å². The quantitative estimate of drug-likeness (QED) is 0.403. The smallest absolute Gasteiger partial charge is 0.263 e. The molecule has 33 heavy (non-hydrogen) atoms. The Balaban J connectivity index is 1.73. The highest BCUT2D eigenvalue weighted by molar-refractivity contribution is 7.19. The Labute approximate surface area is 196 Å². The SMILES string of the molecule is CCOc1ccc(-c2c(C)sc3ncn(C(C)C(=O)Nc4cc(C)ccc4C)c(=O)c23)cc1. The molecule has 0 bridgehead atoms. The normalized spacial score (nSPS) is 12.0. The highest BCUT2D eigenvalue weighted by Gasteiger charge is 2.22. The number of hydrogen-bond donors (Lipinski definition) is 1. The van der Waals surface area contributed by atoms with Crippen LogP contribution in [-0.2, 0) is 4.79 Å². The van der Waals surface area contributed by atoms with Crippen LogP contribution in [-0.4, -0.2) is 22.1 Å². The molecule has 6 nitrogen and oxygen atoms in total. The molecule has 7 heteroatoms.